The summed E-state index contributed by atoms with van der Waals surface area (Å²) >= 11 is 0. The summed E-state index contributed by atoms with van der Waals surface area (Å²) in [5.74, 6) is 0.220. The van der Waals surface area contributed by atoms with Crippen molar-refractivity contribution in [3.8, 4) is 0 Å². The molecule has 0 atom stereocenters. The summed E-state index contributed by atoms with van der Waals surface area (Å²) in [5.41, 5.74) is 0.870. The molecule has 5 nitrogen and oxygen atoms in total. The largest absolute Gasteiger partial charge is 0.478 e. The predicted molar refractivity (Wildman–Crippen MR) is 61.3 cm³/mol. The van der Waals surface area contributed by atoms with Gasteiger partial charge in [-0.3, -0.25) is 9.19 Å². The molecule has 1 N–H and O–H groups in total. The second kappa shape index (κ2) is 4.61. The summed E-state index contributed by atoms with van der Waals surface area (Å²) in [7, 11) is -0.757. The van der Waals surface area contributed by atoms with Gasteiger partial charge >= 0.3 is 5.97 Å². The van der Waals surface area contributed by atoms with Gasteiger partial charge in [0, 0.05) is 47.8 Å². The van der Waals surface area contributed by atoms with Gasteiger partial charge in [0.2, 0.25) is 0 Å². The zero-order valence-electron chi connectivity index (χ0n) is 8.63. The molecule has 1 fully saturated rings. The van der Waals surface area contributed by atoms with Crippen LogP contribution in [0.15, 0.2) is 18.5 Å². The molecule has 0 radical (unpaired) electrons. The topological polar surface area (TPSA) is 70.5 Å². The van der Waals surface area contributed by atoms with Crippen LogP contribution in [0.2, 0.25) is 0 Å². The number of anilines is 1. The van der Waals surface area contributed by atoms with Gasteiger partial charge in [-0.15, -0.1) is 0 Å². The Morgan fingerprint density at radius 1 is 1.44 bits per heavy atom. The number of aromatic carboxylic acids is 1. The summed E-state index contributed by atoms with van der Waals surface area (Å²) < 4.78 is 11.2. The lowest BCUT2D eigenvalue weighted by Gasteiger charge is -2.29. The molecule has 6 heteroatoms. The van der Waals surface area contributed by atoms with Crippen molar-refractivity contribution in [3.05, 3.63) is 24.0 Å². The maximum absolute atomic E-state index is 11.2. The first-order valence-corrected chi connectivity index (χ1v) is 6.44. The Hall–Kier alpha value is -1.43. The van der Waals surface area contributed by atoms with Crippen molar-refractivity contribution in [1.82, 2.24) is 4.98 Å². The molecular formula is C10H12N2O3S. The third-order valence-corrected chi connectivity index (χ3v) is 3.82. The van der Waals surface area contributed by atoms with Crippen molar-refractivity contribution in [3.63, 3.8) is 0 Å². The van der Waals surface area contributed by atoms with E-state index < -0.39 is 16.8 Å². The molecule has 1 saturated heterocycles. The second-order valence-electron chi connectivity index (χ2n) is 3.53. The second-order valence-corrected chi connectivity index (χ2v) is 5.23. The molecule has 0 amide bonds. The van der Waals surface area contributed by atoms with Crippen LogP contribution in [-0.2, 0) is 10.8 Å². The van der Waals surface area contributed by atoms with Crippen LogP contribution >= 0.6 is 0 Å². The van der Waals surface area contributed by atoms with Crippen molar-refractivity contribution in [2.45, 2.75) is 0 Å². The van der Waals surface area contributed by atoms with Gasteiger partial charge in [0.15, 0.2) is 0 Å². The van der Waals surface area contributed by atoms with Crippen LogP contribution in [0.1, 0.15) is 10.4 Å². The van der Waals surface area contributed by atoms with Crippen LogP contribution in [0.3, 0.4) is 0 Å². The average Bonchev–Trinajstić information content (AvgIpc) is 2.30. The minimum absolute atomic E-state index is 0.204. The highest BCUT2D eigenvalue weighted by atomic mass is 32.2. The van der Waals surface area contributed by atoms with E-state index >= 15 is 0 Å². The number of pyridine rings is 1. The summed E-state index contributed by atoms with van der Waals surface area (Å²) in [5, 5.41) is 9.02. The Balaban J connectivity index is 2.26. The zero-order chi connectivity index (χ0) is 11.5. The molecule has 0 aliphatic carbocycles. The first-order valence-electron chi connectivity index (χ1n) is 4.95. The smallest absolute Gasteiger partial charge is 0.339 e. The van der Waals surface area contributed by atoms with Crippen LogP contribution in [0.25, 0.3) is 0 Å². The van der Waals surface area contributed by atoms with Crippen molar-refractivity contribution in [2.24, 2.45) is 0 Å². The molecule has 16 heavy (non-hydrogen) atoms. The van der Waals surface area contributed by atoms with E-state index in [9.17, 15) is 9.00 Å². The Labute approximate surface area is 95.6 Å². The molecule has 0 unspecified atom stereocenters. The lowest BCUT2D eigenvalue weighted by molar-refractivity contribution is 0.0697. The van der Waals surface area contributed by atoms with Gasteiger partial charge in [-0.2, -0.15) is 0 Å². The summed E-state index contributed by atoms with van der Waals surface area (Å²) in [6.45, 7) is 1.27. The molecule has 1 aliphatic heterocycles. The maximum Gasteiger partial charge on any atom is 0.339 e. The van der Waals surface area contributed by atoms with Crippen molar-refractivity contribution < 1.29 is 14.1 Å². The number of carboxylic acids is 1. The van der Waals surface area contributed by atoms with Gasteiger partial charge in [0.05, 0.1) is 5.69 Å². The molecule has 2 rings (SSSR count). The van der Waals surface area contributed by atoms with E-state index in [0.29, 0.717) is 30.3 Å². The molecule has 2 heterocycles. The summed E-state index contributed by atoms with van der Waals surface area (Å²) in [4.78, 5) is 16.8. The standard InChI is InChI=1S/C10H12N2O3S/c13-10(14)8-7-11-2-1-9(8)12-3-5-16(15)6-4-12/h1-2,7H,3-6H2,(H,13,14). The first-order chi connectivity index (χ1) is 7.68. The lowest BCUT2D eigenvalue weighted by atomic mass is 10.2. The number of hydrogen-bond acceptors (Lipinski definition) is 4. The van der Waals surface area contributed by atoms with E-state index in [0.717, 1.165) is 0 Å². The fourth-order valence-electron chi connectivity index (χ4n) is 1.71. The monoisotopic (exact) mass is 240 g/mol. The quantitative estimate of drug-likeness (QED) is 0.807. The summed E-state index contributed by atoms with van der Waals surface area (Å²) in [6, 6.07) is 1.69. The number of hydrogen-bond donors (Lipinski definition) is 1. The van der Waals surface area contributed by atoms with Gasteiger partial charge in [0.1, 0.15) is 5.56 Å². The zero-order valence-corrected chi connectivity index (χ0v) is 9.44. The third-order valence-electron chi connectivity index (χ3n) is 2.55. The fraction of sp³-hybridized carbons (Fsp3) is 0.400. The molecule has 0 saturated carbocycles. The maximum atomic E-state index is 11.2. The van der Waals surface area contributed by atoms with Gasteiger partial charge in [-0.1, -0.05) is 0 Å². The highest BCUT2D eigenvalue weighted by molar-refractivity contribution is 7.85. The first kappa shape index (κ1) is 11.1. The Bertz CT molecular complexity index is 426. The van der Waals surface area contributed by atoms with Crippen LogP contribution in [0.4, 0.5) is 5.69 Å². The minimum atomic E-state index is -0.977. The summed E-state index contributed by atoms with van der Waals surface area (Å²) in [6.07, 6.45) is 2.93. The number of carbonyl (C=O) groups is 1. The Morgan fingerprint density at radius 2 is 2.12 bits per heavy atom. The van der Waals surface area contributed by atoms with Crippen molar-refractivity contribution >= 4 is 22.5 Å². The SMILES string of the molecule is O=C(O)c1cnccc1N1CCS(=O)CC1. The van der Waals surface area contributed by atoms with Crippen molar-refractivity contribution in [2.75, 3.05) is 29.5 Å². The van der Waals surface area contributed by atoms with Gasteiger partial charge < -0.3 is 10.0 Å². The number of aromatic nitrogens is 1. The average molecular weight is 240 g/mol. The minimum Gasteiger partial charge on any atom is -0.478 e. The van der Waals surface area contributed by atoms with E-state index in [1.807, 2.05) is 4.90 Å². The van der Waals surface area contributed by atoms with Gasteiger partial charge in [-0.25, -0.2) is 4.79 Å². The normalized spacial score (nSPS) is 17.4. The molecule has 1 aromatic rings. The van der Waals surface area contributed by atoms with Crippen LogP contribution < -0.4 is 4.90 Å². The third kappa shape index (κ3) is 2.21. The molecule has 1 aliphatic rings. The molecular weight excluding hydrogens is 228 g/mol. The molecule has 0 bridgehead atoms. The van der Waals surface area contributed by atoms with Crippen molar-refractivity contribution in [1.29, 1.82) is 0 Å². The number of rotatable bonds is 2. The van der Waals surface area contributed by atoms with Crippen LogP contribution in [0.5, 0.6) is 0 Å². The fourth-order valence-corrected chi connectivity index (χ4v) is 2.76. The van der Waals surface area contributed by atoms with E-state index in [4.69, 9.17) is 5.11 Å². The van der Waals surface area contributed by atoms with Crippen LogP contribution in [0, 0.1) is 0 Å². The van der Waals surface area contributed by atoms with E-state index in [2.05, 4.69) is 4.98 Å². The predicted octanol–water partition coefficient (Wildman–Crippen LogP) is 0.349. The van der Waals surface area contributed by atoms with E-state index in [1.165, 1.54) is 6.20 Å². The molecule has 86 valence electrons. The van der Waals surface area contributed by atoms with E-state index in [1.54, 1.807) is 12.3 Å². The van der Waals surface area contributed by atoms with Crippen LogP contribution in [-0.4, -0.2) is 44.9 Å². The highest BCUT2D eigenvalue weighted by Gasteiger charge is 2.20. The highest BCUT2D eigenvalue weighted by Crippen LogP contribution is 2.20. The van der Waals surface area contributed by atoms with Gasteiger partial charge in [-0.05, 0) is 6.07 Å². The lowest BCUT2D eigenvalue weighted by Crippen LogP contribution is -2.38. The molecule has 1 aromatic heterocycles. The Morgan fingerprint density at radius 3 is 2.75 bits per heavy atom. The molecule has 0 aromatic carbocycles. The van der Waals surface area contributed by atoms with E-state index in [-0.39, 0.29) is 5.56 Å². The van der Waals surface area contributed by atoms with Gasteiger partial charge in [0.25, 0.3) is 0 Å². The Kier molecular flexibility index (Phi) is 3.19. The number of carboxylic acid groups (broad SMARTS) is 1. The number of nitrogens with zero attached hydrogens (tertiary/aromatic N) is 2. The molecule has 0 spiro atoms.